The van der Waals surface area contributed by atoms with Crippen LogP contribution in [0.1, 0.15) is 98.1 Å². The summed E-state index contributed by atoms with van der Waals surface area (Å²) in [5, 5.41) is 6.40. The van der Waals surface area contributed by atoms with Gasteiger partial charge in [-0.15, -0.1) is 0 Å². The number of rotatable bonds is 17. The van der Waals surface area contributed by atoms with Gasteiger partial charge in [-0.3, -0.25) is 9.59 Å². The number of carbonyl (C=O) groups is 4. The number of carbonyl (C=O) groups excluding carboxylic acids is 4. The van der Waals surface area contributed by atoms with E-state index in [0.717, 1.165) is 30.4 Å². The Bertz CT molecular complexity index is 1880. The largest absolute Gasteiger partial charge is 0.493 e. The molecule has 13 heteroatoms. The first kappa shape index (κ1) is 44.0. The topological polar surface area (TPSA) is 157 Å². The van der Waals surface area contributed by atoms with Crippen LogP contribution in [0.5, 0.6) is 23.0 Å². The van der Waals surface area contributed by atoms with E-state index in [9.17, 15) is 19.2 Å². The van der Waals surface area contributed by atoms with Gasteiger partial charge in [0.25, 0.3) is 0 Å². The minimum absolute atomic E-state index is 0.0532. The van der Waals surface area contributed by atoms with Crippen molar-refractivity contribution in [3.05, 3.63) is 47.5 Å². The summed E-state index contributed by atoms with van der Waals surface area (Å²) in [4.78, 5) is 53.0. The molecule has 6 atom stereocenters. The van der Waals surface area contributed by atoms with E-state index in [1.807, 2.05) is 38.1 Å². The molecule has 0 aromatic heterocycles. The van der Waals surface area contributed by atoms with Crippen LogP contribution in [0.25, 0.3) is 0 Å². The first-order chi connectivity index (χ1) is 27.8. The van der Waals surface area contributed by atoms with Gasteiger partial charge in [0.15, 0.2) is 23.0 Å². The van der Waals surface area contributed by atoms with Crippen LogP contribution in [0, 0.1) is 39.9 Å². The third-order valence-electron chi connectivity index (χ3n) is 12.9. The molecule has 3 unspecified atom stereocenters. The summed E-state index contributed by atoms with van der Waals surface area (Å²) in [5.74, 6) is 0.409. The van der Waals surface area contributed by atoms with E-state index in [4.69, 9.17) is 33.2 Å². The predicted molar refractivity (Wildman–Crippen MR) is 219 cm³/mol. The second-order valence-corrected chi connectivity index (χ2v) is 19.4. The molecule has 2 aromatic rings. The Morgan fingerprint density at radius 1 is 0.814 bits per heavy atom. The fourth-order valence-electron chi connectivity index (χ4n) is 11.1. The number of hydrogen-bond donors (Lipinski definition) is 2. The number of benzene rings is 2. The van der Waals surface area contributed by atoms with E-state index in [0.29, 0.717) is 42.6 Å². The quantitative estimate of drug-likeness (QED) is 0.0942. The summed E-state index contributed by atoms with van der Waals surface area (Å²) in [6, 6.07) is 10.2. The van der Waals surface area contributed by atoms with Crippen molar-refractivity contribution in [1.82, 2.24) is 10.6 Å². The van der Waals surface area contributed by atoms with Crippen LogP contribution in [-0.4, -0.2) is 76.4 Å². The van der Waals surface area contributed by atoms with Crippen molar-refractivity contribution in [2.24, 2.45) is 39.9 Å². The van der Waals surface area contributed by atoms with Crippen LogP contribution in [0.15, 0.2) is 36.4 Å². The molecule has 7 rings (SSSR count). The van der Waals surface area contributed by atoms with Crippen molar-refractivity contribution in [3.63, 3.8) is 0 Å². The highest BCUT2D eigenvalue weighted by molar-refractivity contribution is 5.80. The molecular weight excluding hydrogens is 757 g/mol. The van der Waals surface area contributed by atoms with Crippen molar-refractivity contribution in [2.75, 3.05) is 34.5 Å². The minimum atomic E-state index is -1.11. The number of alkyl carbamates (subject to hydrolysis) is 1. The fraction of sp³-hybridized carbons (Fsp3) is 0.652. The Morgan fingerprint density at radius 3 is 2.00 bits per heavy atom. The molecule has 13 nitrogen and oxygen atoms in total. The Labute approximate surface area is 348 Å². The normalized spacial score (nSPS) is 28.1. The van der Waals surface area contributed by atoms with Crippen LogP contribution >= 0.6 is 0 Å². The number of amides is 1. The molecule has 4 bridgehead atoms. The molecule has 59 heavy (non-hydrogen) atoms. The smallest absolute Gasteiger partial charge is 0.410 e. The van der Waals surface area contributed by atoms with Crippen LogP contribution in [0.2, 0.25) is 0 Å². The molecule has 1 heterocycles. The molecule has 324 valence electrons. The molecule has 4 aliphatic carbocycles. The van der Waals surface area contributed by atoms with Crippen LogP contribution in [0.3, 0.4) is 0 Å². The van der Waals surface area contributed by atoms with Gasteiger partial charge in [0.1, 0.15) is 6.04 Å². The second kappa shape index (κ2) is 17.2. The van der Waals surface area contributed by atoms with Gasteiger partial charge in [-0.05, 0) is 123 Å². The zero-order chi connectivity index (χ0) is 42.9. The maximum absolute atomic E-state index is 13.6. The summed E-state index contributed by atoms with van der Waals surface area (Å²) in [5.41, 5.74) is 0.909. The van der Waals surface area contributed by atoms with E-state index in [1.54, 1.807) is 40.2 Å². The van der Waals surface area contributed by atoms with E-state index >= 15 is 0 Å². The number of cyclic esters (lactones) is 1. The zero-order valence-corrected chi connectivity index (χ0v) is 36.5. The molecule has 5 aliphatic rings. The highest BCUT2D eigenvalue weighted by Crippen LogP contribution is 2.66. The van der Waals surface area contributed by atoms with Gasteiger partial charge in [-0.1, -0.05) is 39.8 Å². The minimum Gasteiger partial charge on any atom is -0.493 e. The van der Waals surface area contributed by atoms with Crippen molar-refractivity contribution in [2.45, 2.75) is 118 Å². The number of nitrogens with one attached hydrogen (secondary N) is 2. The van der Waals surface area contributed by atoms with Gasteiger partial charge in [0.2, 0.25) is 6.29 Å². The molecule has 0 radical (unpaired) electrons. The van der Waals surface area contributed by atoms with E-state index < -0.39 is 35.8 Å². The lowest BCUT2D eigenvalue weighted by Crippen LogP contribution is -2.65. The van der Waals surface area contributed by atoms with Gasteiger partial charge < -0.3 is 43.8 Å². The molecule has 5 fully saturated rings. The van der Waals surface area contributed by atoms with Crippen LogP contribution < -0.4 is 29.6 Å². The molecule has 2 N–H and O–H groups in total. The zero-order valence-electron chi connectivity index (χ0n) is 36.5. The first-order valence-corrected chi connectivity index (χ1v) is 21.0. The number of esters is 3. The van der Waals surface area contributed by atoms with Gasteiger partial charge in [0.05, 0.1) is 39.3 Å². The maximum atomic E-state index is 13.6. The number of ether oxygens (including phenoxy) is 7. The SMILES string of the molecule is COc1ccc(C[C@H]2COC(=O)[C@@H]2Cc2ccc(OC(=O)[C@@H](NCC(C)(C)C(=O)OC(C)OC(=O)NC34CC5CC(C)(CC(C)(C5)C3)C4)C(C)C)c(OC)c2)cc1OC. The Kier molecular flexibility index (Phi) is 12.9. The second-order valence-electron chi connectivity index (χ2n) is 19.4. The first-order valence-electron chi connectivity index (χ1n) is 21.0. The molecule has 0 spiro atoms. The number of methoxy groups -OCH3 is 3. The van der Waals surface area contributed by atoms with E-state index in [-0.39, 0.29) is 52.4 Å². The lowest BCUT2D eigenvalue weighted by molar-refractivity contribution is -0.176. The number of hydrogen-bond acceptors (Lipinski definition) is 12. The van der Waals surface area contributed by atoms with Crippen molar-refractivity contribution < 1.29 is 52.3 Å². The Morgan fingerprint density at radius 2 is 1.41 bits per heavy atom. The summed E-state index contributed by atoms with van der Waals surface area (Å²) in [7, 11) is 4.67. The Balaban J connectivity index is 1.01. The molecule has 1 amide bonds. The average Bonchev–Trinajstić information content (AvgIpc) is 3.47. The van der Waals surface area contributed by atoms with Crippen LogP contribution in [-0.2, 0) is 41.4 Å². The van der Waals surface area contributed by atoms with Crippen molar-refractivity contribution in [3.8, 4) is 23.0 Å². The highest BCUT2D eigenvalue weighted by atomic mass is 16.7. The summed E-state index contributed by atoms with van der Waals surface area (Å²) in [6.45, 7) is 13.8. The molecule has 2 aromatic carbocycles. The van der Waals surface area contributed by atoms with E-state index in [1.165, 1.54) is 33.3 Å². The van der Waals surface area contributed by atoms with Crippen molar-refractivity contribution >= 4 is 24.0 Å². The van der Waals surface area contributed by atoms with E-state index in [2.05, 4.69) is 24.5 Å². The predicted octanol–water partition coefficient (Wildman–Crippen LogP) is 7.20. The summed E-state index contributed by atoms with van der Waals surface area (Å²) < 4.78 is 39.0. The molecule has 1 saturated heterocycles. The monoisotopic (exact) mass is 820 g/mol. The summed E-state index contributed by atoms with van der Waals surface area (Å²) >= 11 is 0. The van der Waals surface area contributed by atoms with Crippen LogP contribution in [0.4, 0.5) is 4.79 Å². The Hall–Kier alpha value is -4.52. The van der Waals surface area contributed by atoms with Gasteiger partial charge in [0, 0.05) is 24.9 Å². The third kappa shape index (κ3) is 10.1. The standard InChI is InChI=1S/C46H64N2O11/c1-27(2)38(47-26-43(4,5)41(51)57-28(3)58-42(52)48-46-21-31-19-44(6,24-46)23-45(7,20-31)25-46)40(50)59-35-14-12-30(18-37(35)55-10)16-33-32(22-56-39(33)49)15-29-11-13-34(53-8)36(17-29)54-9/h11-14,17-18,27-28,31-33,38,47H,15-16,19-26H2,1-10H3,(H,48,52)/t28?,31?,32-,33+,38-,44?,45?,46?/m0/s1. The molecule has 1 aliphatic heterocycles. The average molecular weight is 821 g/mol. The molecular formula is C46H64N2O11. The lowest BCUT2D eigenvalue weighted by Gasteiger charge is -2.65. The van der Waals surface area contributed by atoms with Crippen molar-refractivity contribution in [1.29, 1.82) is 0 Å². The maximum Gasteiger partial charge on any atom is 0.410 e. The third-order valence-corrected chi connectivity index (χ3v) is 12.9. The van der Waals surface area contributed by atoms with Gasteiger partial charge in [-0.25, -0.2) is 9.59 Å². The molecule has 4 saturated carbocycles. The summed E-state index contributed by atoms with van der Waals surface area (Å²) in [6.07, 6.45) is 5.80. The highest BCUT2D eigenvalue weighted by Gasteiger charge is 2.60. The van der Waals surface area contributed by atoms with Gasteiger partial charge in [-0.2, -0.15) is 0 Å². The fourth-order valence-corrected chi connectivity index (χ4v) is 11.1. The lowest BCUT2D eigenvalue weighted by atomic mass is 9.43. The van der Waals surface area contributed by atoms with Gasteiger partial charge >= 0.3 is 24.0 Å².